The molecule has 0 spiro atoms. The van der Waals surface area contributed by atoms with E-state index in [-0.39, 0.29) is 11.8 Å². The summed E-state index contributed by atoms with van der Waals surface area (Å²) in [6, 6.07) is 13.9. The van der Waals surface area contributed by atoms with Crippen molar-refractivity contribution in [3.63, 3.8) is 0 Å². The molecule has 22 heavy (non-hydrogen) atoms. The minimum atomic E-state index is -0.379. The van der Waals surface area contributed by atoms with Crippen molar-refractivity contribution in [2.24, 2.45) is 0 Å². The van der Waals surface area contributed by atoms with Crippen LogP contribution in [-0.4, -0.2) is 18.9 Å². The second-order valence-corrected chi connectivity index (χ2v) is 4.59. The third kappa shape index (κ3) is 4.31. The molecule has 0 aliphatic heterocycles. The highest BCUT2D eigenvalue weighted by Gasteiger charge is 2.02. The Kier molecular flexibility index (Phi) is 5.09. The zero-order valence-electron chi connectivity index (χ0n) is 12.4. The third-order valence-electron chi connectivity index (χ3n) is 2.92. The normalized spacial score (nSPS) is 10.5. The van der Waals surface area contributed by atoms with Crippen LogP contribution in [0.2, 0.25) is 0 Å². The molecule has 0 saturated carbocycles. The molecule has 0 N–H and O–H groups in total. The van der Waals surface area contributed by atoms with Gasteiger partial charge in [0.25, 0.3) is 0 Å². The molecule has 0 heterocycles. The summed E-state index contributed by atoms with van der Waals surface area (Å²) in [6.07, 6.45) is 3.16. The largest absolute Gasteiger partial charge is 0.497 e. The van der Waals surface area contributed by atoms with Gasteiger partial charge in [0.2, 0.25) is 0 Å². The van der Waals surface area contributed by atoms with Crippen molar-refractivity contribution in [2.75, 3.05) is 7.11 Å². The number of rotatable bonds is 5. The average Bonchev–Trinajstić information content (AvgIpc) is 2.52. The zero-order valence-corrected chi connectivity index (χ0v) is 12.4. The molecular formula is C18H16O4. The molecular weight excluding hydrogens is 280 g/mol. The number of carbonyl (C=O) groups is 2. The molecule has 0 bridgehead atoms. The Hall–Kier alpha value is -2.88. The molecule has 2 aromatic rings. The van der Waals surface area contributed by atoms with Gasteiger partial charge in [0.15, 0.2) is 5.78 Å². The van der Waals surface area contributed by atoms with E-state index in [2.05, 4.69) is 0 Å². The van der Waals surface area contributed by atoms with Gasteiger partial charge in [-0.25, -0.2) is 0 Å². The maximum absolute atomic E-state index is 12.1. The lowest BCUT2D eigenvalue weighted by atomic mass is 10.1. The van der Waals surface area contributed by atoms with Gasteiger partial charge in [0.05, 0.1) is 7.11 Å². The molecule has 112 valence electrons. The van der Waals surface area contributed by atoms with Crippen LogP contribution in [0.1, 0.15) is 22.8 Å². The highest BCUT2D eigenvalue weighted by atomic mass is 16.5. The Labute approximate surface area is 129 Å². The smallest absolute Gasteiger partial charge is 0.308 e. The van der Waals surface area contributed by atoms with Gasteiger partial charge in [0, 0.05) is 12.5 Å². The number of carbonyl (C=O) groups excluding carboxylic acids is 2. The number of allylic oxidation sites excluding steroid dienone is 1. The highest BCUT2D eigenvalue weighted by molar-refractivity contribution is 6.06. The molecule has 0 fully saturated rings. The van der Waals surface area contributed by atoms with Crippen molar-refractivity contribution < 1.29 is 19.1 Å². The van der Waals surface area contributed by atoms with Crippen molar-refractivity contribution in [3.8, 4) is 11.5 Å². The molecule has 2 aromatic carbocycles. The fourth-order valence-corrected chi connectivity index (χ4v) is 1.87. The van der Waals surface area contributed by atoms with Crippen molar-refractivity contribution >= 4 is 17.8 Å². The van der Waals surface area contributed by atoms with E-state index in [9.17, 15) is 9.59 Å². The number of benzene rings is 2. The van der Waals surface area contributed by atoms with Gasteiger partial charge in [-0.05, 0) is 48.0 Å². The maximum Gasteiger partial charge on any atom is 0.308 e. The Bertz CT molecular complexity index is 699. The van der Waals surface area contributed by atoms with Crippen LogP contribution in [0.3, 0.4) is 0 Å². The number of hydrogen-bond donors (Lipinski definition) is 0. The second-order valence-electron chi connectivity index (χ2n) is 4.59. The van der Waals surface area contributed by atoms with Crippen LogP contribution in [0, 0.1) is 0 Å². The molecule has 4 nitrogen and oxygen atoms in total. The third-order valence-corrected chi connectivity index (χ3v) is 2.92. The SMILES string of the molecule is COc1ccc(C(=O)C=Cc2cccc(OC(C)=O)c2)cc1. The van der Waals surface area contributed by atoms with Crippen LogP contribution < -0.4 is 9.47 Å². The van der Waals surface area contributed by atoms with Crippen LogP contribution >= 0.6 is 0 Å². The van der Waals surface area contributed by atoms with Crippen LogP contribution in [-0.2, 0) is 4.79 Å². The Morgan fingerprint density at radius 3 is 2.36 bits per heavy atom. The summed E-state index contributed by atoms with van der Waals surface area (Å²) in [7, 11) is 1.58. The molecule has 0 atom stereocenters. The summed E-state index contributed by atoms with van der Waals surface area (Å²) in [5.74, 6) is 0.664. The average molecular weight is 296 g/mol. The summed E-state index contributed by atoms with van der Waals surface area (Å²) >= 11 is 0. The molecule has 0 aliphatic carbocycles. The van der Waals surface area contributed by atoms with Crippen molar-refractivity contribution in [1.82, 2.24) is 0 Å². The van der Waals surface area contributed by atoms with Crippen molar-refractivity contribution in [3.05, 3.63) is 65.7 Å². The van der Waals surface area contributed by atoms with Gasteiger partial charge in [0.1, 0.15) is 11.5 Å². The van der Waals surface area contributed by atoms with Crippen molar-refractivity contribution in [1.29, 1.82) is 0 Å². The first-order valence-electron chi connectivity index (χ1n) is 6.73. The quantitative estimate of drug-likeness (QED) is 0.367. The Morgan fingerprint density at radius 1 is 1.00 bits per heavy atom. The minimum Gasteiger partial charge on any atom is -0.497 e. The van der Waals surface area contributed by atoms with E-state index in [1.54, 1.807) is 55.7 Å². The van der Waals surface area contributed by atoms with Gasteiger partial charge < -0.3 is 9.47 Å². The van der Waals surface area contributed by atoms with Gasteiger partial charge >= 0.3 is 5.97 Å². The summed E-state index contributed by atoms with van der Waals surface area (Å²) in [6.45, 7) is 1.34. The molecule has 0 amide bonds. The fraction of sp³-hybridized carbons (Fsp3) is 0.111. The van der Waals surface area contributed by atoms with Gasteiger partial charge in [-0.15, -0.1) is 0 Å². The van der Waals surface area contributed by atoms with Crippen LogP contribution in [0.4, 0.5) is 0 Å². The summed E-state index contributed by atoms with van der Waals surface area (Å²) in [4.78, 5) is 23.0. The molecule has 0 saturated heterocycles. The topological polar surface area (TPSA) is 52.6 Å². The molecule has 0 radical (unpaired) electrons. The lowest BCUT2D eigenvalue weighted by Crippen LogP contribution is -2.01. The molecule has 0 aliphatic rings. The van der Waals surface area contributed by atoms with Crippen molar-refractivity contribution in [2.45, 2.75) is 6.92 Å². The standard InChI is InChI=1S/C18H16O4/c1-13(19)22-17-5-3-4-14(12-17)6-11-18(20)15-7-9-16(21-2)10-8-15/h3-12H,1-2H3. The number of ether oxygens (including phenoxy) is 2. The van der Waals surface area contributed by atoms with E-state index >= 15 is 0 Å². The molecule has 0 unspecified atom stereocenters. The first-order chi connectivity index (χ1) is 10.6. The maximum atomic E-state index is 12.1. The number of hydrogen-bond acceptors (Lipinski definition) is 4. The summed E-state index contributed by atoms with van der Waals surface area (Å²) in [5, 5.41) is 0. The number of esters is 1. The van der Waals surface area contributed by atoms with E-state index in [1.165, 1.54) is 13.0 Å². The molecule has 4 heteroatoms. The fourth-order valence-electron chi connectivity index (χ4n) is 1.87. The van der Waals surface area contributed by atoms with Crippen LogP contribution in [0.15, 0.2) is 54.6 Å². The van der Waals surface area contributed by atoms with E-state index in [4.69, 9.17) is 9.47 Å². The minimum absolute atomic E-state index is 0.111. The van der Waals surface area contributed by atoms with Gasteiger partial charge in [-0.1, -0.05) is 18.2 Å². The monoisotopic (exact) mass is 296 g/mol. The summed E-state index contributed by atoms with van der Waals surface area (Å²) in [5.41, 5.74) is 1.36. The molecule has 2 rings (SSSR count). The number of methoxy groups -OCH3 is 1. The highest BCUT2D eigenvalue weighted by Crippen LogP contribution is 2.16. The Morgan fingerprint density at radius 2 is 1.73 bits per heavy atom. The molecule has 0 aromatic heterocycles. The van der Waals surface area contributed by atoms with E-state index < -0.39 is 0 Å². The Balaban J connectivity index is 2.10. The zero-order chi connectivity index (χ0) is 15.9. The van der Waals surface area contributed by atoms with Crippen LogP contribution in [0.5, 0.6) is 11.5 Å². The van der Waals surface area contributed by atoms with Gasteiger partial charge in [-0.2, -0.15) is 0 Å². The second kappa shape index (κ2) is 7.22. The first-order valence-corrected chi connectivity index (χ1v) is 6.73. The first kappa shape index (κ1) is 15.5. The predicted octanol–water partition coefficient (Wildman–Crippen LogP) is 3.52. The van der Waals surface area contributed by atoms with E-state index in [0.717, 1.165) is 5.56 Å². The summed E-state index contributed by atoms with van der Waals surface area (Å²) < 4.78 is 10.1. The van der Waals surface area contributed by atoms with E-state index in [0.29, 0.717) is 17.1 Å². The van der Waals surface area contributed by atoms with E-state index in [1.807, 2.05) is 6.07 Å². The van der Waals surface area contributed by atoms with Gasteiger partial charge in [-0.3, -0.25) is 9.59 Å². The lowest BCUT2D eigenvalue weighted by molar-refractivity contribution is -0.131. The van der Waals surface area contributed by atoms with Crippen LogP contribution in [0.25, 0.3) is 6.08 Å². The predicted molar refractivity (Wildman–Crippen MR) is 84.1 cm³/mol. The number of ketones is 1. The lowest BCUT2D eigenvalue weighted by Gasteiger charge is -2.02.